The standard InChI is InChI=1S/C10H13NO3/c1-3-11(2)10(14)9-7(12)5-4-6-8(9)13/h4-6,12-13H,3H2,1-2H3. The van der Waals surface area contributed by atoms with Crippen LogP contribution >= 0.6 is 0 Å². The second-order valence-corrected chi connectivity index (χ2v) is 2.99. The van der Waals surface area contributed by atoms with Gasteiger partial charge < -0.3 is 15.1 Å². The third kappa shape index (κ3) is 1.79. The van der Waals surface area contributed by atoms with Crippen molar-refractivity contribution in [2.75, 3.05) is 13.6 Å². The summed E-state index contributed by atoms with van der Waals surface area (Å²) in [5.74, 6) is -0.784. The van der Waals surface area contributed by atoms with E-state index in [9.17, 15) is 15.0 Å². The van der Waals surface area contributed by atoms with Gasteiger partial charge in [0.05, 0.1) is 0 Å². The van der Waals surface area contributed by atoms with Crippen LogP contribution in [-0.2, 0) is 0 Å². The number of amides is 1. The molecular formula is C10H13NO3. The van der Waals surface area contributed by atoms with Crippen molar-refractivity contribution in [1.29, 1.82) is 0 Å². The Kier molecular flexibility index (Phi) is 2.96. The predicted octanol–water partition coefficient (Wildman–Crippen LogP) is 1.19. The molecule has 0 radical (unpaired) electrons. The van der Waals surface area contributed by atoms with Crippen molar-refractivity contribution in [2.45, 2.75) is 6.92 Å². The first-order valence-corrected chi connectivity index (χ1v) is 4.34. The van der Waals surface area contributed by atoms with Crippen LogP contribution in [0.5, 0.6) is 11.5 Å². The van der Waals surface area contributed by atoms with Crippen LogP contribution in [0.2, 0.25) is 0 Å². The van der Waals surface area contributed by atoms with Gasteiger partial charge in [-0.3, -0.25) is 4.79 Å². The Morgan fingerprint density at radius 1 is 1.36 bits per heavy atom. The molecule has 0 aliphatic rings. The zero-order valence-electron chi connectivity index (χ0n) is 8.19. The highest BCUT2D eigenvalue weighted by molar-refractivity contribution is 5.99. The highest BCUT2D eigenvalue weighted by Gasteiger charge is 2.18. The Balaban J connectivity index is 3.12. The third-order valence-electron chi connectivity index (χ3n) is 2.06. The number of hydrogen-bond acceptors (Lipinski definition) is 3. The van der Waals surface area contributed by atoms with Crippen molar-refractivity contribution in [3.63, 3.8) is 0 Å². The second-order valence-electron chi connectivity index (χ2n) is 2.99. The smallest absolute Gasteiger partial charge is 0.261 e. The second kappa shape index (κ2) is 4.00. The Morgan fingerprint density at radius 3 is 2.29 bits per heavy atom. The van der Waals surface area contributed by atoms with Crippen molar-refractivity contribution < 1.29 is 15.0 Å². The molecule has 1 aromatic carbocycles. The average Bonchev–Trinajstić information content (AvgIpc) is 2.16. The zero-order chi connectivity index (χ0) is 10.7. The molecule has 0 spiro atoms. The fraction of sp³-hybridized carbons (Fsp3) is 0.300. The zero-order valence-corrected chi connectivity index (χ0v) is 8.19. The summed E-state index contributed by atoms with van der Waals surface area (Å²) in [6.07, 6.45) is 0. The lowest BCUT2D eigenvalue weighted by Crippen LogP contribution is -2.26. The SMILES string of the molecule is CCN(C)C(=O)c1c(O)cccc1O. The Hall–Kier alpha value is -1.71. The highest BCUT2D eigenvalue weighted by Crippen LogP contribution is 2.27. The molecule has 4 heteroatoms. The van der Waals surface area contributed by atoms with E-state index < -0.39 is 0 Å². The van der Waals surface area contributed by atoms with Crippen LogP contribution in [0, 0.1) is 0 Å². The Morgan fingerprint density at radius 2 is 1.86 bits per heavy atom. The summed E-state index contributed by atoms with van der Waals surface area (Å²) in [4.78, 5) is 13.0. The van der Waals surface area contributed by atoms with Gasteiger partial charge in [0.15, 0.2) is 0 Å². The number of carbonyl (C=O) groups is 1. The van der Waals surface area contributed by atoms with E-state index in [4.69, 9.17) is 0 Å². The number of hydrogen-bond donors (Lipinski definition) is 2. The van der Waals surface area contributed by atoms with Gasteiger partial charge in [0, 0.05) is 13.6 Å². The van der Waals surface area contributed by atoms with Gasteiger partial charge in [-0.05, 0) is 19.1 Å². The van der Waals surface area contributed by atoms with Gasteiger partial charge in [-0.15, -0.1) is 0 Å². The minimum Gasteiger partial charge on any atom is -0.507 e. The van der Waals surface area contributed by atoms with Crippen LogP contribution in [0.1, 0.15) is 17.3 Å². The number of rotatable bonds is 2. The molecule has 1 amide bonds. The van der Waals surface area contributed by atoms with Crippen LogP contribution in [0.4, 0.5) is 0 Å². The Bertz CT molecular complexity index is 329. The molecule has 0 bridgehead atoms. The fourth-order valence-electron chi connectivity index (χ4n) is 1.08. The maximum Gasteiger partial charge on any atom is 0.261 e. The van der Waals surface area contributed by atoms with Crippen molar-refractivity contribution in [2.24, 2.45) is 0 Å². The van der Waals surface area contributed by atoms with E-state index in [1.54, 1.807) is 7.05 Å². The summed E-state index contributed by atoms with van der Waals surface area (Å²) in [6.45, 7) is 2.33. The van der Waals surface area contributed by atoms with Crippen molar-refractivity contribution in [3.05, 3.63) is 23.8 Å². The molecule has 0 aromatic heterocycles. The molecule has 0 saturated heterocycles. The first-order chi connectivity index (χ1) is 6.57. The van der Waals surface area contributed by atoms with Crippen LogP contribution in [0.25, 0.3) is 0 Å². The van der Waals surface area contributed by atoms with Crippen molar-refractivity contribution >= 4 is 5.91 Å². The van der Waals surface area contributed by atoms with Gasteiger partial charge in [-0.1, -0.05) is 6.07 Å². The van der Waals surface area contributed by atoms with Gasteiger partial charge in [0.25, 0.3) is 5.91 Å². The number of carbonyl (C=O) groups excluding carboxylic acids is 1. The maximum absolute atomic E-state index is 11.6. The van der Waals surface area contributed by atoms with E-state index in [-0.39, 0.29) is 23.0 Å². The van der Waals surface area contributed by atoms with E-state index >= 15 is 0 Å². The van der Waals surface area contributed by atoms with E-state index in [1.165, 1.54) is 23.1 Å². The number of aromatic hydroxyl groups is 2. The lowest BCUT2D eigenvalue weighted by Gasteiger charge is -2.15. The van der Waals surface area contributed by atoms with E-state index in [0.29, 0.717) is 6.54 Å². The Labute approximate surface area is 82.4 Å². The molecule has 0 aliphatic carbocycles. The summed E-state index contributed by atoms with van der Waals surface area (Å²) in [6, 6.07) is 4.22. The summed E-state index contributed by atoms with van der Waals surface area (Å²) in [7, 11) is 1.61. The number of phenols is 2. The molecule has 0 fully saturated rings. The van der Waals surface area contributed by atoms with E-state index in [1.807, 2.05) is 6.92 Å². The molecule has 76 valence electrons. The highest BCUT2D eigenvalue weighted by atomic mass is 16.3. The summed E-state index contributed by atoms with van der Waals surface area (Å²) < 4.78 is 0. The first kappa shape index (κ1) is 10.4. The molecule has 2 N–H and O–H groups in total. The maximum atomic E-state index is 11.6. The van der Waals surface area contributed by atoms with Gasteiger partial charge in [0.2, 0.25) is 0 Å². The van der Waals surface area contributed by atoms with Gasteiger partial charge in [-0.25, -0.2) is 0 Å². The summed E-state index contributed by atoms with van der Waals surface area (Å²) >= 11 is 0. The van der Waals surface area contributed by atoms with Crippen LogP contribution in [0.3, 0.4) is 0 Å². The minimum absolute atomic E-state index is 0.0446. The first-order valence-electron chi connectivity index (χ1n) is 4.34. The van der Waals surface area contributed by atoms with E-state index in [0.717, 1.165) is 0 Å². The normalized spacial score (nSPS) is 9.86. The molecule has 0 unspecified atom stereocenters. The predicted molar refractivity (Wildman–Crippen MR) is 52.4 cm³/mol. The quantitative estimate of drug-likeness (QED) is 0.745. The van der Waals surface area contributed by atoms with Crippen molar-refractivity contribution in [3.8, 4) is 11.5 Å². The summed E-state index contributed by atoms with van der Waals surface area (Å²) in [5.41, 5.74) is -0.0446. The molecule has 1 aromatic rings. The molecule has 0 aliphatic heterocycles. The molecule has 4 nitrogen and oxygen atoms in total. The fourth-order valence-corrected chi connectivity index (χ4v) is 1.08. The number of nitrogens with zero attached hydrogens (tertiary/aromatic N) is 1. The molecule has 0 heterocycles. The van der Waals surface area contributed by atoms with Gasteiger partial charge in [0.1, 0.15) is 17.1 Å². The third-order valence-corrected chi connectivity index (χ3v) is 2.06. The average molecular weight is 195 g/mol. The summed E-state index contributed by atoms with van der Waals surface area (Å²) in [5, 5.41) is 18.8. The number of phenolic OH excluding ortho intramolecular Hbond substituents is 2. The molecule has 14 heavy (non-hydrogen) atoms. The van der Waals surface area contributed by atoms with Crippen LogP contribution in [-0.4, -0.2) is 34.6 Å². The van der Waals surface area contributed by atoms with Crippen molar-refractivity contribution in [1.82, 2.24) is 4.90 Å². The lowest BCUT2D eigenvalue weighted by atomic mass is 10.1. The molecule has 0 saturated carbocycles. The van der Waals surface area contributed by atoms with Gasteiger partial charge in [-0.2, -0.15) is 0 Å². The topological polar surface area (TPSA) is 60.8 Å². The van der Waals surface area contributed by atoms with Crippen LogP contribution in [0.15, 0.2) is 18.2 Å². The largest absolute Gasteiger partial charge is 0.507 e. The lowest BCUT2D eigenvalue weighted by molar-refractivity contribution is 0.0796. The molecule has 1 rings (SSSR count). The minimum atomic E-state index is -0.386. The van der Waals surface area contributed by atoms with Gasteiger partial charge >= 0.3 is 0 Å². The number of benzene rings is 1. The van der Waals surface area contributed by atoms with E-state index in [2.05, 4.69) is 0 Å². The monoisotopic (exact) mass is 195 g/mol. The molecule has 0 atom stereocenters. The van der Waals surface area contributed by atoms with Crippen LogP contribution < -0.4 is 0 Å². The molecular weight excluding hydrogens is 182 g/mol.